The fourth-order valence-electron chi connectivity index (χ4n) is 3.45. The average Bonchev–Trinajstić information content (AvgIpc) is 2.94. The number of benzene rings is 1. The molecule has 0 amide bonds. The molecule has 0 bridgehead atoms. The van der Waals surface area contributed by atoms with Crippen LogP contribution in [0, 0.1) is 13.5 Å². The van der Waals surface area contributed by atoms with Crippen LogP contribution in [-0.2, 0) is 11.8 Å². The molecular formula is C19H20N6O2. The fraction of sp³-hybridized carbons (Fsp3) is 0.368. The first kappa shape index (κ1) is 17.2. The van der Waals surface area contributed by atoms with E-state index in [1.54, 1.807) is 28.4 Å². The summed E-state index contributed by atoms with van der Waals surface area (Å²) in [4.78, 5) is 25.2. The van der Waals surface area contributed by atoms with Crippen LogP contribution in [0.2, 0.25) is 0 Å². The van der Waals surface area contributed by atoms with Crippen LogP contribution in [0.1, 0.15) is 24.4 Å². The summed E-state index contributed by atoms with van der Waals surface area (Å²) < 4.78 is 8.78. The number of aryl methyl sites for hydroxylation is 2. The van der Waals surface area contributed by atoms with Crippen molar-refractivity contribution in [3.05, 3.63) is 51.9 Å². The molecule has 138 valence electrons. The Balaban J connectivity index is 1.75. The van der Waals surface area contributed by atoms with Crippen molar-refractivity contribution in [1.29, 1.82) is 0 Å². The zero-order valence-electron chi connectivity index (χ0n) is 15.3. The Labute approximate surface area is 156 Å². The summed E-state index contributed by atoms with van der Waals surface area (Å²) in [7, 11) is 1.74. The van der Waals surface area contributed by atoms with Gasteiger partial charge in [0.05, 0.1) is 12.8 Å². The maximum atomic E-state index is 12.8. The van der Waals surface area contributed by atoms with E-state index < -0.39 is 0 Å². The van der Waals surface area contributed by atoms with Crippen molar-refractivity contribution in [2.24, 2.45) is 7.05 Å². The van der Waals surface area contributed by atoms with Gasteiger partial charge in [0.15, 0.2) is 11.3 Å². The molecule has 1 fully saturated rings. The Morgan fingerprint density at radius 1 is 1.33 bits per heavy atom. The minimum absolute atomic E-state index is 0.0809. The molecule has 8 nitrogen and oxygen atoms in total. The normalized spacial score (nSPS) is 15.0. The van der Waals surface area contributed by atoms with Gasteiger partial charge in [0.1, 0.15) is 5.52 Å². The van der Waals surface area contributed by atoms with E-state index >= 15 is 0 Å². The van der Waals surface area contributed by atoms with Crippen LogP contribution in [0.3, 0.4) is 0 Å². The van der Waals surface area contributed by atoms with Crippen LogP contribution in [-0.4, -0.2) is 32.3 Å². The second kappa shape index (κ2) is 6.85. The minimum atomic E-state index is -0.0825. The van der Waals surface area contributed by atoms with Crippen molar-refractivity contribution in [3.8, 4) is 0 Å². The molecule has 0 radical (unpaired) electrons. The number of hydrogen-bond acceptors (Lipinski definition) is 5. The Bertz CT molecular complexity index is 1100. The summed E-state index contributed by atoms with van der Waals surface area (Å²) in [5, 5.41) is 3.20. The van der Waals surface area contributed by atoms with E-state index in [1.807, 2.05) is 19.1 Å². The molecular weight excluding hydrogens is 344 g/mol. The Morgan fingerprint density at radius 2 is 2.11 bits per heavy atom. The largest absolute Gasteiger partial charge is 0.381 e. The number of nitrogens with zero attached hydrogens (tertiary/aromatic N) is 5. The first-order chi connectivity index (χ1) is 13.1. The van der Waals surface area contributed by atoms with Gasteiger partial charge < -0.3 is 10.1 Å². The second-order valence-corrected chi connectivity index (χ2v) is 6.69. The molecule has 8 heteroatoms. The monoisotopic (exact) mass is 364 g/mol. The molecule has 2 aromatic heterocycles. The maximum Gasteiger partial charge on any atom is 0.330 e. The highest BCUT2D eigenvalue weighted by molar-refractivity contribution is 5.73. The first-order valence-electron chi connectivity index (χ1n) is 8.85. The number of nitrogens with one attached hydrogen (secondary N) is 1. The van der Waals surface area contributed by atoms with Gasteiger partial charge in [-0.1, -0.05) is 12.1 Å². The van der Waals surface area contributed by atoms with Crippen LogP contribution < -0.4 is 11.0 Å². The Hall–Kier alpha value is -3.18. The highest BCUT2D eigenvalue weighted by atomic mass is 16.5. The molecule has 3 heterocycles. The van der Waals surface area contributed by atoms with Crippen molar-refractivity contribution in [2.75, 3.05) is 18.5 Å². The highest BCUT2D eigenvalue weighted by Crippen LogP contribution is 2.26. The lowest BCUT2D eigenvalue weighted by molar-refractivity contribution is 0.0695. The van der Waals surface area contributed by atoms with Crippen molar-refractivity contribution in [2.45, 2.75) is 25.8 Å². The number of rotatable bonds is 3. The molecule has 1 aliphatic heterocycles. The molecule has 0 atom stereocenters. The minimum Gasteiger partial charge on any atom is -0.381 e. The molecule has 1 aliphatic rings. The molecule has 4 rings (SSSR count). The molecule has 0 saturated carbocycles. The number of aromatic nitrogens is 4. The van der Waals surface area contributed by atoms with Gasteiger partial charge in [0.25, 0.3) is 0 Å². The summed E-state index contributed by atoms with van der Waals surface area (Å²) in [5.74, 6) is 0.424. The van der Waals surface area contributed by atoms with Gasteiger partial charge in [-0.25, -0.2) is 14.6 Å². The molecule has 0 unspecified atom stereocenters. The van der Waals surface area contributed by atoms with Gasteiger partial charge >= 0.3 is 5.69 Å². The molecule has 1 aromatic carbocycles. The quantitative estimate of drug-likeness (QED) is 0.723. The third-order valence-electron chi connectivity index (χ3n) is 4.97. The number of ether oxygens (including phenoxy) is 1. The summed E-state index contributed by atoms with van der Waals surface area (Å²) in [6.07, 6.45) is 3.26. The lowest BCUT2D eigenvalue weighted by Gasteiger charge is -2.22. The molecule has 1 N–H and O–H groups in total. The molecule has 1 saturated heterocycles. The van der Waals surface area contributed by atoms with E-state index in [0.717, 1.165) is 24.1 Å². The van der Waals surface area contributed by atoms with E-state index in [0.29, 0.717) is 36.0 Å². The fourth-order valence-corrected chi connectivity index (χ4v) is 3.45. The van der Waals surface area contributed by atoms with Crippen molar-refractivity contribution in [3.63, 3.8) is 0 Å². The van der Waals surface area contributed by atoms with E-state index in [4.69, 9.17) is 11.3 Å². The highest BCUT2D eigenvalue weighted by Gasteiger charge is 2.23. The lowest BCUT2D eigenvalue weighted by atomic mass is 10.1. The summed E-state index contributed by atoms with van der Waals surface area (Å²) >= 11 is 0. The van der Waals surface area contributed by atoms with Crippen LogP contribution >= 0.6 is 0 Å². The Morgan fingerprint density at radius 3 is 2.81 bits per heavy atom. The third-order valence-corrected chi connectivity index (χ3v) is 4.97. The molecule has 27 heavy (non-hydrogen) atoms. The van der Waals surface area contributed by atoms with Gasteiger partial charge in [0, 0.05) is 32.0 Å². The predicted molar refractivity (Wildman–Crippen MR) is 103 cm³/mol. The topological polar surface area (TPSA) is 78.3 Å². The van der Waals surface area contributed by atoms with Crippen LogP contribution in [0.15, 0.2) is 29.2 Å². The number of anilines is 2. The second-order valence-electron chi connectivity index (χ2n) is 6.69. The lowest BCUT2D eigenvalue weighted by Crippen LogP contribution is -2.30. The number of imidazole rings is 1. The van der Waals surface area contributed by atoms with Gasteiger partial charge in [-0.3, -0.25) is 9.13 Å². The van der Waals surface area contributed by atoms with Crippen LogP contribution in [0.4, 0.5) is 17.3 Å². The summed E-state index contributed by atoms with van der Waals surface area (Å²) in [6.45, 7) is 10.3. The van der Waals surface area contributed by atoms with Gasteiger partial charge in [-0.2, -0.15) is 4.98 Å². The first-order valence-corrected chi connectivity index (χ1v) is 8.85. The average molecular weight is 364 g/mol. The van der Waals surface area contributed by atoms with Crippen molar-refractivity contribution < 1.29 is 4.74 Å². The smallest absolute Gasteiger partial charge is 0.330 e. The summed E-state index contributed by atoms with van der Waals surface area (Å²) in [6, 6.07) is 5.49. The Kier molecular flexibility index (Phi) is 4.38. The number of fused-ring (bicyclic) bond motifs is 1. The zero-order chi connectivity index (χ0) is 19.0. The molecule has 0 spiro atoms. The van der Waals surface area contributed by atoms with Gasteiger partial charge in [-0.05, 0) is 31.4 Å². The SMILES string of the molecule is [C-]#[N+]c1ccc(Nc2ncc3c(n2)n(C2CCOCC2)c(=O)n3C)c(C)c1. The van der Waals surface area contributed by atoms with Gasteiger partial charge in [0.2, 0.25) is 5.95 Å². The summed E-state index contributed by atoms with van der Waals surface area (Å²) in [5.41, 5.74) is 3.60. The molecule has 3 aromatic rings. The molecule has 0 aliphatic carbocycles. The predicted octanol–water partition coefficient (Wildman–Crippen LogP) is 3.08. The standard InChI is InChI=1S/C19H20N6O2/c1-12-10-13(20-2)4-5-15(12)22-18-21-11-16-17(23-18)25(19(26)24(16)3)14-6-8-27-9-7-14/h4-5,10-11,14H,6-9H2,1,3H3,(H,21,22,23). The van der Waals surface area contributed by atoms with Crippen molar-refractivity contribution >= 4 is 28.5 Å². The van der Waals surface area contributed by atoms with Crippen molar-refractivity contribution in [1.82, 2.24) is 19.1 Å². The zero-order valence-corrected chi connectivity index (χ0v) is 15.3. The van der Waals surface area contributed by atoms with E-state index in [-0.39, 0.29) is 11.7 Å². The number of hydrogen-bond donors (Lipinski definition) is 1. The van der Waals surface area contributed by atoms with E-state index in [1.165, 1.54) is 0 Å². The van der Waals surface area contributed by atoms with E-state index in [9.17, 15) is 4.79 Å². The maximum absolute atomic E-state index is 12.8. The van der Waals surface area contributed by atoms with Gasteiger partial charge in [-0.15, -0.1) is 0 Å². The van der Waals surface area contributed by atoms with Crippen LogP contribution in [0.5, 0.6) is 0 Å². The van der Waals surface area contributed by atoms with E-state index in [2.05, 4.69) is 20.1 Å². The van der Waals surface area contributed by atoms with Crippen LogP contribution in [0.25, 0.3) is 16.0 Å². The third kappa shape index (κ3) is 3.06.